The molecule has 2 rings (SSSR count). The molecule has 2 aromatic rings. The number of hydrogen-bond donors (Lipinski definition) is 1. The van der Waals surface area contributed by atoms with Crippen LogP contribution in [0.4, 0.5) is 10.5 Å². The summed E-state index contributed by atoms with van der Waals surface area (Å²) < 4.78 is 6.01. The first-order valence-electron chi connectivity index (χ1n) is 7.30. The van der Waals surface area contributed by atoms with Gasteiger partial charge in [-0.2, -0.15) is 0 Å². The lowest BCUT2D eigenvalue weighted by atomic mass is 9.93. The lowest BCUT2D eigenvalue weighted by Gasteiger charge is -2.17. The molecule has 0 saturated carbocycles. The zero-order valence-corrected chi connectivity index (χ0v) is 13.6. The van der Waals surface area contributed by atoms with Crippen molar-refractivity contribution in [3.8, 4) is 0 Å². The molecule has 0 aliphatic carbocycles. The number of nitro groups is 1. The Morgan fingerprint density at radius 2 is 1.96 bits per heavy atom. The van der Waals surface area contributed by atoms with Crippen molar-refractivity contribution in [3.63, 3.8) is 0 Å². The van der Waals surface area contributed by atoms with Gasteiger partial charge >= 0.3 is 12.1 Å². The van der Waals surface area contributed by atoms with E-state index in [4.69, 9.17) is 4.74 Å². The first-order chi connectivity index (χ1) is 11.1. The first-order valence-corrected chi connectivity index (χ1v) is 7.30. The number of rotatable bonds is 4. The molecular formula is C16H18N2O6. The second-order valence-corrected chi connectivity index (χ2v) is 6.60. The zero-order chi connectivity index (χ0) is 18.1. The molecule has 0 aliphatic rings. The van der Waals surface area contributed by atoms with Crippen LogP contribution < -0.4 is 0 Å². The zero-order valence-electron chi connectivity index (χ0n) is 13.6. The topological polar surface area (TPSA) is 112 Å². The predicted octanol–water partition coefficient (Wildman–Crippen LogP) is 3.67. The number of aromatic nitrogens is 1. The molecular weight excluding hydrogens is 316 g/mol. The van der Waals surface area contributed by atoms with Crippen molar-refractivity contribution < 1.29 is 24.4 Å². The van der Waals surface area contributed by atoms with E-state index in [2.05, 4.69) is 0 Å². The summed E-state index contributed by atoms with van der Waals surface area (Å²) in [6.45, 7) is 6.07. The number of fused-ring (bicyclic) bond motifs is 1. The predicted molar refractivity (Wildman–Crippen MR) is 86.4 cm³/mol. The number of ether oxygens (including phenoxy) is 1. The Kier molecular flexibility index (Phi) is 4.59. The number of nitro benzene ring substituents is 1. The van der Waals surface area contributed by atoms with Gasteiger partial charge in [0.2, 0.25) is 0 Å². The molecule has 0 saturated heterocycles. The van der Waals surface area contributed by atoms with Crippen LogP contribution in [0.15, 0.2) is 24.3 Å². The molecule has 0 fully saturated rings. The highest BCUT2D eigenvalue weighted by Gasteiger charge is 2.23. The van der Waals surface area contributed by atoms with Crippen molar-refractivity contribution in [3.05, 3.63) is 40.1 Å². The quantitative estimate of drug-likeness (QED) is 0.674. The third kappa shape index (κ3) is 3.70. The average Bonchev–Trinajstić information content (AvgIpc) is 2.84. The molecule has 1 aromatic heterocycles. The number of carboxylic acids is 1. The summed E-state index contributed by atoms with van der Waals surface area (Å²) in [5.74, 6) is -1.32. The maximum Gasteiger partial charge on any atom is 0.419 e. The van der Waals surface area contributed by atoms with Gasteiger partial charge in [-0.25, -0.2) is 14.2 Å². The number of nitrogens with zero attached hydrogens (tertiary/aromatic N) is 2. The van der Waals surface area contributed by atoms with Gasteiger partial charge < -0.3 is 9.84 Å². The number of hydrogen-bond acceptors (Lipinski definition) is 5. The molecule has 0 unspecified atom stereocenters. The third-order valence-electron chi connectivity index (χ3n) is 3.48. The molecule has 128 valence electrons. The van der Waals surface area contributed by atoms with Crippen LogP contribution in [0.3, 0.4) is 0 Å². The van der Waals surface area contributed by atoms with Crippen molar-refractivity contribution in [2.45, 2.75) is 27.2 Å². The van der Waals surface area contributed by atoms with Crippen LogP contribution in [0.25, 0.3) is 10.9 Å². The molecule has 0 atom stereocenters. The van der Waals surface area contributed by atoms with Crippen molar-refractivity contribution in [1.82, 2.24) is 4.57 Å². The minimum Gasteiger partial charge on any atom is -0.477 e. The van der Waals surface area contributed by atoms with E-state index in [-0.39, 0.29) is 28.9 Å². The summed E-state index contributed by atoms with van der Waals surface area (Å²) in [6.07, 6.45) is -0.271. The van der Waals surface area contributed by atoms with Gasteiger partial charge in [-0.05, 0) is 24.0 Å². The number of non-ortho nitro benzene ring substituents is 1. The Balaban J connectivity index is 2.43. The first kappa shape index (κ1) is 17.5. The molecule has 1 aromatic carbocycles. The van der Waals surface area contributed by atoms with Gasteiger partial charge in [-0.1, -0.05) is 20.8 Å². The van der Waals surface area contributed by atoms with Gasteiger partial charge in [-0.15, -0.1) is 0 Å². The SMILES string of the molecule is CC(C)(C)CCOC(=O)n1c(C(=O)O)cc2ccc([N+](=O)[O-])cc21. The monoisotopic (exact) mass is 334 g/mol. The number of carbonyl (C=O) groups excluding carboxylic acids is 1. The Morgan fingerprint density at radius 1 is 1.29 bits per heavy atom. The maximum absolute atomic E-state index is 12.3. The largest absolute Gasteiger partial charge is 0.477 e. The smallest absolute Gasteiger partial charge is 0.419 e. The van der Waals surface area contributed by atoms with Crippen LogP contribution >= 0.6 is 0 Å². The highest BCUT2D eigenvalue weighted by molar-refractivity contribution is 6.01. The summed E-state index contributed by atoms with van der Waals surface area (Å²) in [7, 11) is 0. The molecule has 24 heavy (non-hydrogen) atoms. The van der Waals surface area contributed by atoms with Gasteiger partial charge in [0.1, 0.15) is 5.69 Å². The highest BCUT2D eigenvalue weighted by atomic mass is 16.6. The molecule has 0 bridgehead atoms. The lowest BCUT2D eigenvalue weighted by Crippen LogP contribution is -2.21. The lowest BCUT2D eigenvalue weighted by molar-refractivity contribution is -0.384. The summed E-state index contributed by atoms with van der Waals surface area (Å²) in [5.41, 5.74) is -0.456. The molecule has 0 aliphatic heterocycles. The number of carboxylic acid groups (broad SMARTS) is 1. The van der Waals surface area contributed by atoms with Crippen LogP contribution in [-0.2, 0) is 4.74 Å². The number of carbonyl (C=O) groups is 2. The van der Waals surface area contributed by atoms with Crippen LogP contribution in [0, 0.1) is 15.5 Å². The number of aromatic carboxylic acids is 1. The minimum atomic E-state index is -1.32. The van der Waals surface area contributed by atoms with Gasteiger partial charge in [0.15, 0.2) is 0 Å². The van der Waals surface area contributed by atoms with Crippen LogP contribution in [0.5, 0.6) is 0 Å². The van der Waals surface area contributed by atoms with Crippen molar-refractivity contribution in [2.75, 3.05) is 6.61 Å². The Morgan fingerprint density at radius 3 is 2.50 bits per heavy atom. The van der Waals surface area contributed by atoms with E-state index in [1.165, 1.54) is 18.2 Å². The minimum absolute atomic E-state index is 0.0482. The van der Waals surface area contributed by atoms with Crippen molar-refractivity contribution >= 4 is 28.7 Å². The van der Waals surface area contributed by atoms with E-state index in [0.29, 0.717) is 11.8 Å². The van der Waals surface area contributed by atoms with Crippen LogP contribution in [0.1, 0.15) is 37.7 Å². The van der Waals surface area contributed by atoms with Crippen molar-refractivity contribution in [1.29, 1.82) is 0 Å². The van der Waals surface area contributed by atoms with Gasteiger partial charge in [-0.3, -0.25) is 10.1 Å². The van der Waals surface area contributed by atoms with Crippen LogP contribution in [0.2, 0.25) is 0 Å². The molecule has 0 spiro atoms. The summed E-state index contributed by atoms with van der Waals surface area (Å²) in [6, 6.07) is 5.10. The van der Waals surface area contributed by atoms with Gasteiger partial charge in [0, 0.05) is 17.5 Å². The van der Waals surface area contributed by atoms with E-state index in [9.17, 15) is 24.8 Å². The van der Waals surface area contributed by atoms with E-state index < -0.39 is 17.0 Å². The summed E-state index contributed by atoms with van der Waals surface area (Å²) >= 11 is 0. The molecule has 1 heterocycles. The Labute approximate surface area is 137 Å². The molecule has 1 N–H and O–H groups in total. The summed E-state index contributed by atoms with van der Waals surface area (Å²) in [4.78, 5) is 34.0. The third-order valence-corrected chi connectivity index (χ3v) is 3.48. The molecule has 0 amide bonds. The number of benzene rings is 1. The Hall–Kier alpha value is -2.90. The Bertz CT molecular complexity index is 816. The standard InChI is InChI=1S/C16H18N2O6/c1-16(2,3)6-7-24-15(21)17-12-9-11(18(22)23)5-4-10(12)8-13(17)14(19)20/h4-5,8-9H,6-7H2,1-3H3,(H,19,20). The molecule has 0 radical (unpaired) electrons. The second-order valence-electron chi connectivity index (χ2n) is 6.60. The fourth-order valence-corrected chi connectivity index (χ4v) is 2.17. The second kappa shape index (κ2) is 6.31. The van der Waals surface area contributed by atoms with Gasteiger partial charge in [0.25, 0.3) is 5.69 Å². The normalized spacial score (nSPS) is 11.5. The van der Waals surface area contributed by atoms with Gasteiger partial charge in [0.05, 0.1) is 17.0 Å². The van der Waals surface area contributed by atoms with E-state index in [1.807, 2.05) is 20.8 Å². The summed E-state index contributed by atoms with van der Waals surface area (Å²) in [5, 5.41) is 20.6. The molecule has 8 heteroatoms. The fraction of sp³-hybridized carbons (Fsp3) is 0.375. The average molecular weight is 334 g/mol. The van der Waals surface area contributed by atoms with E-state index in [0.717, 1.165) is 10.6 Å². The highest BCUT2D eigenvalue weighted by Crippen LogP contribution is 2.25. The fourth-order valence-electron chi connectivity index (χ4n) is 2.17. The molecule has 8 nitrogen and oxygen atoms in total. The maximum atomic E-state index is 12.3. The van der Waals surface area contributed by atoms with E-state index in [1.54, 1.807) is 0 Å². The van der Waals surface area contributed by atoms with E-state index >= 15 is 0 Å². The van der Waals surface area contributed by atoms with Crippen molar-refractivity contribution in [2.24, 2.45) is 5.41 Å². The van der Waals surface area contributed by atoms with Crippen LogP contribution in [-0.4, -0.2) is 33.3 Å².